The molecule has 0 bridgehead atoms. The van der Waals surface area contributed by atoms with Gasteiger partial charge in [0, 0.05) is 0 Å². The summed E-state index contributed by atoms with van der Waals surface area (Å²) in [4.78, 5) is 12.1. The number of allylic oxidation sites excluding steroid dienone is 2. The molecule has 1 aliphatic rings. The van der Waals surface area contributed by atoms with E-state index in [1.807, 2.05) is 19.9 Å². The Kier molecular flexibility index (Phi) is 2.76. The lowest BCUT2D eigenvalue weighted by Gasteiger charge is -2.10. The van der Waals surface area contributed by atoms with Gasteiger partial charge in [-0.05, 0) is 51.2 Å². The zero-order chi connectivity index (χ0) is 10.8. The minimum absolute atomic E-state index is 0.157. The molecule has 0 N–H and O–H groups in total. The molecule has 0 unspecified atom stereocenters. The number of rotatable bonds is 2. The molecule has 1 aromatic rings. The predicted molar refractivity (Wildman–Crippen MR) is 59.1 cm³/mol. The van der Waals surface area contributed by atoms with E-state index < -0.39 is 0 Å². The van der Waals surface area contributed by atoms with Crippen molar-refractivity contribution in [2.24, 2.45) is 0 Å². The summed E-state index contributed by atoms with van der Waals surface area (Å²) in [5, 5.41) is 0. The van der Waals surface area contributed by atoms with Gasteiger partial charge in [0.2, 0.25) is 0 Å². The van der Waals surface area contributed by atoms with Gasteiger partial charge in [0.15, 0.2) is 5.78 Å². The first-order valence-corrected chi connectivity index (χ1v) is 5.49. The molecule has 80 valence electrons. The third-order valence-electron chi connectivity index (χ3n) is 2.87. The average molecular weight is 204 g/mol. The van der Waals surface area contributed by atoms with E-state index in [1.165, 1.54) is 6.42 Å². The number of hydrogen-bond acceptors (Lipinski definition) is 2. The minimum atomic E-state index is 0.157. The Morgan fingerprint density at radius 2 is 2.13 bits per heavy atom. The van der Waals surface area contributed by atoms with Crippen LogP contribution < -0.4 is 0 Å². The average Bonchev–Trinajstić information content (AvgIpc) is 2.58. The molecule has 0 atom stereocenters. The maximum absolute atomic E-state index is 12.1. The predicted octanol–water partition coefficient (Wildman–Crippen LogP) is 3.58. The van der Waals surface area contributed by atoms with Crippen LogP contribution in [-0.4, -0.2) is 5.78 Å². The van der Waals surface area contributed by atoms with Crippen molar-refractivity contribution in [2.45, 2.75) is 39.5 Å². The van der Waals surface area contributed by atoms with E-state index in [2.05, 4.69) is 6.08 Å². The van der Waals surface area contributed by atoms with Gasteiger partial charge in [-0.1, -0.05) is 6.08 Å². The lowest BCUT2D eigenvalue weighted by atomic mass is 9.93. The van der Waals surface area contributed by atoms with Crippen LogP contribution in [0.3, 0.4) is 0 Å². The van der Waals surface area contributed by atoms with Crippen molar-refractivity contribution in [3.63, 3.8) is 0 Å². The molecule has 2 rings (SSSR count). The van der Waals surface area contributed by atoms with Crippen LogP contribution in [0.25, 0.3) is 0 Å². The Morgan fingerprint density at radius 3 is 2.67 bits per heavy atom. The number of carbonyl (C=O) groups is 1. The maximum Gasteiger partial charge on any atom is 0.192 e. The van der Waals surface area contributed by atoms with Crippen LogP contribution >= 0.6 is 0 Å². The summed E-state index contributed by atoms with van der Waals surface area (Å²) < 4.78 is 5.38. The molecule has 0 radical (unpaired) electrons. The molecule has 0 aliphatic heterocycles. The summed E-state index contributed by atoms with van der Waals surface area (Å²) >= 11 is 0. The van der Waals surface area contributed by atoms with E-state index >= 15 is 0 Å². The fraction of sp³-hybridized carbons (Fsp3) is 0.462. The van der Waals surface area contributed by atoms with Crippen LogP contribution in [0.1, 0.15) is 47.6 Å². The lowest BCUT2D eigenvalue weighted by molar-refractivity contribution is 0.102. The van der Waals surface area contributed by atoms with Gasteiger partial charge >= 0.3 is 0 Å². The Labute approximate surface area is 90.0 Å². The second-order valence-electron chi connectivity index (χ2n) is 4.13. The summed E-state index contributed by atoms with van der Waals surface area (Å²) in [5.74, 6) is 1.71. The molecule has 0 saturated heterocycles. The molecule has 1 heterocycles. The number of aryl methyl sites for hydroxylation is 2. The van der Waals surface area contributed by atoms with Gasteiger partial charge in [0.1, 0.15) is 11.5 Å². The molecular formula is C13H16O2. The van der Waals surface area contributed by atoms with Crippen molar-refractivity contribution in [2.75, 3.05) is 0 Å². The number of hydrogen-bond donors (Lipinski definition) is 0. The molecule has 0 aromatic carbocycles. The van der Waals surface area contributed by atoms with Crippen LogP contribution in [0.2, 0.25) is 0 Å². The van der Waals surface area contributed by atoms with Crippen molar-refractivity contribution >= 4 is 5.78 Å². The Morgan fingerprint density at radius 1 is 1.33 bits per heavy atom. The molecule has 1 aliphatic carbocycles. The van der Waals surface area contributed by atoms with Crippen molar-refractivity contribution in [3.05, 3.63) is 34.8 Å². The zero-order valence-electron chi connectivity index (χ0n) is 9.30. The largest absolute Gasteiger partial charge is 0.466 e. The second-order valence-corrected chi connectivity index (χ2v) is 4.13. The van der Waals surface area contributed by atoms with E-state index in [9.17, 15) is 4.79 Å². The van der Waals surface area contributed by atoms with Gasteiger partial charge in [-0.2, -0.15) is 0 Å². The molecule has 0 amide bonds. The van der Waals surface area contributed by atoms with Gasteiger partial charge in [0.05, 0.1) is 5.56 Å². The highest BCUT2D eigenvalue weighted by molar-refractivity contribution is 6.09. The molecule has 0 fully saturated rings. The Hall–Kier alpha value is -1.31. The SMILES string of the molecule is Cc1cc(C(=O)C2=CCCCC2)c(C)o1. The molecular weight excluding hydrogens is 188 g/mol. The van der Waals surface area contributed by atoms with Crippen molar-refractivity contribution < 1.29 is 9.21 Å². The first-order valence-electron chi connectivity index (χ1n) is 5.49. The fourth-order valence-corrected chi connectivity index (χ4v) is 2.07. The van der Waals surface area contributed by atoms with E-state index in [1.54, 1.807) is 0 Å². The van der Waals surface area contributed by atoms with Crippen LogP contribution in [0.15, 0.2) is 22.1 Å². The summed E-state index contributed by atoms with van der Waals surface area (Å²) in [7, 11) is 0. The van der Waals surface area contributed by atoms with Gasteiger partial charge in [-0.15, -0.1) is 0 Å². The third-order valence-corrected chi connectivity index (χ3v) is 2.87. The summed E-state index contributed by atoms with van der Waals surface area (Å²) in [5.41, 5.74) is 1.70. The molecule has 1 aromatic heterocycles. The smallest absolute Gasteiger partial charge is 0.192 e. The Balaban J connectivity index is 2.27. The highest BCUT2D eigenvalue weighted by atomic mass is 16.3. The monoisotopic (exact) mass is 204 g/mol. The standard InChI is InChI=1S/C13H16O2/c1-9-8-12(10(2)15-9)13(14)11-6-4-3-5-7-11/h6,8H,3-5,7H2,1-2H3. The molecule has 0 spiro atoms. The molecule has 2 nitrogen and oxygen atoms in total. The topological polar surface area (TPSA) is 30.2 Å². The summed E-state index contributed by atoms with van der Waals surface area (Å²) in [6.07, 6.45) is 6.38. The van der Waals surface area contributed by atoms with Crippen molar-refractivity contribution in [1.29, 1.82) is 0 Å². The van der Waals surface area contributed by atoms with Gasteiger partial charge in [0.25, 0.3) is 0 Å². The van der Waals surface area contributed by atoms with Crippen LogP contribution in [0, 0.1) is 13.8 Å². The van der Waals surface area contributed by atoms with E-state index in [0.717, 1.165) is 41.9 Å². The number of ketones is 1. The van der Waals surface area contributed by atoms with Crippen molar-refractivity contribution in [1.82, 2.24) is 0 Å². The first-order chi connectivity index (χ1) is 7.18. The number of Topliss-reactive ketones (excluding diaryl/α,β-unsaturated/α-hetero) is 1. The highest BCUT2D eigenvalue weighted by Gasteiger charge is 2.18. The maximum atomic E-state index is 12.1. The highest BCUT2D eigenvalue weighted by Crippen LogP contribution is 2.24. The van der Waals surface area contributed by atoms with Crippen LogP contribution in [0.4, 0.5) is 0 Å². The Bertz CT molecular complexity index is 410. The molecule has 2 heteroatoms. The van der Waals surface area contributed by atoms with Crippen LogP contribution in [-0.2, 0) is 0 Å². The van der Waals surface area contributed by atoms with Gasteiger partial charge < -0.3 is 4.42 Å². The summed E-state index contributed by atoms with van der Waals surface area (Å²) in [6.45, 7) is 3.72. The zero-order valence-corrected chi connectivity index (χ0v) is 9.30. The summed E-state index contributed by atoms with van der Waals surface area (Å²) in [6, 6.07) is 1.84. The minimum Gasteiger partial charge on any atom is -0.466 e. The number of furan rings is 1. The normalized spacial score (nSPS) is 16.3. The van der Waals surface area contributed by atoms with Crippen LogP contribution in [0.5, 0.6) is 0 Å². The quantitative estimate of drug-likeness (QED) is 0.689. The molecule has 15 heavy (non-hydrogen) atoms. The van der Waals surface area contributed by atoms with Crippen molar-refractivity contribution in [3.8, 4) is 0 Å². The van der Waals surface area contributed by atoms with Gasteiger partial charge in [-0.3, -0.25) is 4.79 Å². The second kappa shape index (κ2) is 4.05. The van der Waals surface area contributed by atoms with E-state index in [4.69, 9.17) is 4.42 Å². The fourth-order valence-electron chi connectivity index (χ4n) is 2.07. The van der Waals surface area contributed by atoms with E-state index in [0.29, 0.717) is 0 Å². The molecule has 0 saturated carbocycles. The first kappa shape index (κ1) is 10.2. The van der Waals surface area contributed by atoms with Gasteiger partial charge in [-0.25, -0.2) is 0 Å². The lowest BCUT2D eigenvalue weighted by Crippen LogP contribution is -2.06. The number of carbonyl (C=O) groups excluding carboxylic acids is 1. The third kappa shape index (κ3) is 2.04. The van der Waals surface area contributed by atoms with E-state index in [-0.39, 0.29) is 5.78 Å².